The Kier molecular flexibility index (Phi) is 6.13. The van der Waals surface area contributed by atoms with Crippen LogP contribution in [0.3, 0.4) is 0 Å². The third kappa shape index (κ3) is 4.99. The molecular formula is C19H22N2O7. The number of carbonyl (C=O) groups is 2. The normalized spacial score (nSPS) is 20.8. The highest BCUT2D eigenvalue weighted by atomic mass is 16.7. The van der Waals surface area contributed by atoms with Crippen LogP contribution in [0.4, 0.5) is 5.69 Å². The number of benzene rings is 1. The molecule has 0 spiro atoms. The molecule has 1 saturated carbocycles. The Bertz CT molecular complexity index is 798. The lowest BCUT2D eigenvalue weighted by Crippen LogP contribution is -2.39. The summed E-state index contributed by atoms with van der Waals surface area (Å²) in [6.45, 7) is 1.78. The number of hydrogen-bond acceptors (Lipinski definition) is 7. The van der Waals surface area contributed by atoms with Crippen molar-refractivity contribution in [2.75, 3.05) is 13.4 Å². The fraction of sp³-hybridized carbons (Fsp3) is 0.474. The first-order chi connectivity index (χ1) is 13.4. The summed E-state index contributed by atoms with van der Waals surface area (Å²) in [6, 6.07) is 2.78. The molecule has 1 fully saturated rings. The number of nitrogens with zero attached hydrogens (tertiary/aromatic N) is 1. The van der Waals surface area contributed by atoms with E-state index in [2.05, 4.69) is 12.2 Å². The zero-order chi connectivity index (χ0) is 20.1. The summed E-state index contributed by atoms with van der Waals surface area (Å²) in [6.07, 6.45) is 6.29. The number of carbonyl (C=O) groups excluding carboxylic acids is 2. The summed E-state index contributed by atoms with van der Waals surface area (Å²) in [5.74, 6) is 0.200. The zero-order valence-electron chi connectivity index (χ0n) is 15.5. The molecule has 3 rings (SSSR count). The quantitative estimate of drug-likeness (QED) is 0.343. The zero-order valence-corrected chi connectivity index (χ0v) is 15.5. The highest BCUT2D eigenvalue weighted by Crippen LogP contribution is 2.38. The number of rotatable bonds is 6. The summed E-state index contributed by atoms with van der Waals surface area (Å²) in [5, 5.41) is 14.1. The first-order valence-corrected chi connectivity index (χ1v) is 9.14. The van der Waals surface area contributed by atoms with Crippen molar-refractivity contribution in [1.29, 1.82) is 0 Å². The van der Waals surface area contributed by atoms with E-state index in [1.807, 2.05) is 0 Å². The maximum Gasteiger partial charge on any atom is 0.331 e. The summed E-state index contributed by atoms with van der Waals surface area (Å²) >= 11 is 0. The molecule has 1 aliphatic carbocycles. The van der Waals surface area contributed by atoms with Crippen LogP contribution in [0.5, 0.6) is 11.5 Å². The molecule has 0 aromatic heterocycles. The molecule has 2 aliphatic rings. The molecule has 1 heterocycles. The van der Waals surface area contributed by atoms with Crippen LogP contribution in [0.1, 0.15) is 38.2 Å². The summed E-state index contributed by atoms with van der Waals surface area (Å²) in [5.41, 5.74) is -0.0513. The van der Waals surface area contributed by atoms with Gasteiger partial charge < -0.3 is 19.5 Å². The standard InChI is InChI=1S/C19H22N2O7/c1-12-2-5-14(6-3-12)20-18(22)10-26-19(23)7-4-13-8-16-17(28-11-27-16)9-15(13)21(24)25/h4,7-9,12,14H,2-3,5-6,10-11H2,1H3,(H,20,22)/b7-4+. The Balaban J connectivity index is 1.53. The second-order valence-electron chi connectivity index (χ2n) is 6.99. The molecule has 0 saturated heterocycles. The number of esters is 1. The van der Waals surface area contributed by atoms with E-state index in [1.54, 1.807) is 0 Å². The number of nitro groups is 1. The minimum atomic E-state index is -0.764. The van der Waals surface area contributed by atoms with E-state index >= 15 is 0 Å². The van der Waals surface area contributed by atoms with E-state index in [0.29, 0.717) is 11.7 Å². The Hall–Kier alpha value is -3.10. The molecular weight excluding hydrogens is 368 g/mol. The van der Waals surface area contributed by atoms with Crippen molar-refractivity contribution in [3.8, 4) is 11.5 Å². The third-order valence-electron chi connectivity index (χ3n) is 4.84. The molecule has 9 nitrogen and oxygen atoms in total. The van der Waals surface area contributed by atoms with E-state index in [9.17, 15) is 19.7 Å². The van der Waals surface area contributed by atoms with Crippen LogP contribution in [-0.2, 0) is 14.3 Å². The summed E-state index contributed by atoms with van der Waals surface area (Å²) in [7, 11) is 0. The number of nitro benzene ring substituents is 1. The minimum absolute atomic E-state index is 0.0171. The molecule has 1 amide bonds. The van der Waals surface area contributed by atoms with Crippen molar-refractivity contribution in [1.82, 2.24) is 5.32 Å². The van der Waals surface area contributed by atoms with Crippen molar-refractivity contribution in [3.05, 3.63) is 33.9 Å². The first-order valence-electron chi connectivity index (χ1n) is 9.14. The summed E-state index contributed by atoms with van der Waals surface area (Å²) in [4.78, 5) is 34.4. The van der Waals surface area contributed by atoms with Crippen molar-refractivity contribution in [2.24, 2.45) is 5.92 Å². The van der Waals surface area contributed by atoms with Crippen LogP contribution in [0.25, 0.3) is 6.08 Å². The number of hydrogen-bond donors (Lipinski definition) is 1. The number of fused-ring (bicyclic) bond motifs is 1. The Morgan fingerprint density at radius 1 is 1.25 bits per heavy atom. The molecule has 0 bridgehead atoms. The van der Waals surface area contributed by atoms with Gasteiger partial charge in [0.2, 0.25) is 6.79 Å². The monoisotopic (exact) mass is 390 g/mol. The largest absolute Gasteiger partial charge is 0.454 e. The second-order valence-corrected chi connectivity index (χ2v) is 6.99. The Morgan fingerprint density at radius 2 is 1.93 bits per heavy atom. The Morgan fingerprint density at radius 3 is 2.61 bits per heavy atom. The van der Waals surface area contributed by atoms with E-state index in [4.69, 9.17) is 14.2 Å². The lowest BCUT2D eigenvalue weighted by atomic mass is 9.87. The van der Waals surface area contributed by atoms with Crippen LogP contribution in [0.15, 0.2) is 18.2 Å². The van der Waals surface area contributed by atoms with Crippen LogP contribution < -0.4 is 14.8 Å². The highest BCUT2D eigenvalue weighted by molar-refractivity contribution is 5.90. The number of nitrogens with one attached hydrogen (secondary N) is 1. The smallest absolute Gasteiger partial charge is 0.331 e. The van der Waals surface area contributed by atoms with Gasteiger partial charge in [0.25, 0.3) is 11.6 Å². The van der Waals surface area contributed by atoms with Gasteiger partial charge in [-0.25, -0.2) is 4.79 Å². The lowest BCUT2D eigenvalue weighted by Gasteiger charge is -2.26. The molecule has 1 N–H and O–H groups in total. The van der Waals surface area contributed by atoms with Gasteiger partial charge >= 0.3 is 5.97 Å². The van der Waals surface area contributed by atoms with E-state index in [0.717, 1.165) is 31.8 Å². The molecule has 0 radical (unpaired) electrons. The predicted octanol–water partition coefficient (Wildman–Crippen LogP) is 2.57. The van der Waals surface area contributed by atoms with Gasteiger partial charge in [0, 0.05) is 12.1 Å². The third-order valence-corrected chi connectivity index (χ3v) is 4.84. The topological polar surface area (TPSA) is 117 Å². The number of ether oxygens (including phenoxy) is 3. The van der Waals surface area contributed by atoms with Crippen molar-refractivity contribution in [2.45, 2.75) is 38.6 Å². The SMILES string of the molecule is CC1CCC(NC(=O)COC(=O)/C=C/c2cc3c(cc2[N+](=O)[O-])OCO3)CC1. The van der Waals surface area contributed by atoms with E-state index in [1.165, 1.54) is 18.2 Å². The molecule has 150 valence electrons. The van der Waals surface area contributed by atoms with Gasteiger partial charge in [-0.3, -0.25) is 14.9 Å². The second kappa shape index (κ2) is 8.73. The average molecular weight is 390 g/mol. The van der Waals surface area contributed by atoms with Gasteiger partial charge in [-0.1, -0.05) is 6.92 Å². The average Bonchev–Trinajstić information content (AvgIpc) is 3.13. The molecule has 1 aliphatic heterocycles. The predicted molar refractivity (Wildman–Crippen MR) is 98.8 cm³/mol. The molecule has 9 heteroatoms. The van der Waals surface area contributed by atoms with Crippen molar-refractivity contribution < 1.29 is 28.7 Å². The number of amides is 1. The van der Waals surface area contributed by atoms with Crippen LogP contribution in [-0.4, -0.2) is 36.2 Å². The van der Waals surface area contributed by atoms with E-state index in [-0.39, 0.29) is 35.7 Å². The maximum absolute atomic E-state index is 11.9. The fourth-order valence-electron chi connectivity index (χ4n) is 3.25. The van der Waals surface area contributed by atoms with Crippen molar-refractivity contribution in [3.63, 3.8) is 0 Å². The minimum Gasteiger partial charge on any atom is -0.454 e. The lowest BCUT2D eigenvalue weighted by molar-refractivity contribution is -0.385. The van der Waals surface area contributed by atoms with Gasteiger partial charge in [0.05, 0.1) is 16.6 Å². The van der Waals surface area contributed by atoms with Crippen LogP contribution >= 0.6 is 0 Å². The van der Waals surface area contributed by atoms with Gasteiger partial charge in [-0.05, 0) is 43.7 Å². The van der Waals surface area contributed by atoms with Crippen LogP contribution in [0.2, 0.25) is 0 Å². The summed E-state index contributed by atoms with van der Waals surface area (Å²) < 4.78 is 15.2. The molecule has 28 heavy (non-hydrogen) atoms. The molecule has 1 aromatic carbocycles. The highest BCUT2D eigenvalue weighted by Gasteiger charge is 2.23. The molecule has 1 aromatic rings. The fourth-order valence-corrected chi connectivity index (χ4v) is 3.25. The van der Waals surface area contributed by atoms with Gasteiger partial charge in [-0.15, -0.1) is 0 Å². The van der Waals surface area contributed by atoms with Gasteiger partial charge in [-0.2, -0.15) is 0 Å². The maximum atomic E-state index is 11.9. The van der Waals surface area contributed by atoms with Gasteiger partial charge in [0.1, 0.15) is 0 Å². The van der Waals surface area contributed by atoms with Crippen molar-refractivity contribution >= 4 is 23.6 Å². The van der Waals surface area contributed by atoms with Crippen LogP contribution in [0, 0.1) is 16.0 Å². The first kappa shape index (κ1) is 19.7. The Labute approximate surface area is 161 Å². The molecule has 0 unspecified atom stereocenters. The van der Waals surface area contributed by atoms with Gasteiger partial charge in [0.15, 0.2) is 18.1 Å². The van der Waals surface area contributed by atoms with E-state index < -0.39 is 17.5 Å². The molecule has 0 atom stereocenters.